The number of hydrogen-bond acceptors (Lipinski definition) is 5. The Bertz CT molecular complexity index is 277. The number of ether oxygens (including phenoxy) is 2. The van der Waals surface area contributed by atoms with Crippen LogP contribution in [0.5, 0.6) is 0 Å². The SMILES string of the molecule is CCOC(=O)C(N)C(=O)NC(C)C1CCOC1. The van der Waals surface area contributed by atoms with Crippen LogP contribution >= 0.6 is 0 Å². The molecule has 3 unspecified atom stereocenters. The third kappa shape index (κ3) is 3.98. The molecule has 0 aliphatic carbocycles. The van der Waals surface area contributed by atoms with E-state index in [0.29, 0.717) is 6.61 Å². The molecule has 98 valence electrons. The zero-order valence-electron chi connectivity index (χ0n) is 10.3. The monoisotopic (exact) mass is 244 g/mol. The van der Waals surface area contributed by atoms with Crippen LogP contribution in [0.1, 0.15) is 20.3 Å². The van der Waals surface area contributed by atoms with Crippen LogP contribution in [0, 0.1) is 5.92 Å². The second-order valence-corrected chi connectivity index (χ2v) is 4.15. The summed E-state index contributed by atoms with van der Waals surface area (Å²) in [6.45, 7) is 5.12. The van der Waals surface area contributed by atoms with Gasteiger partial charge in [-0.05, 0) is 20.3 Å². The molecule has 0 radical (unpaired) electrons. The maximum absolute atomic E-state index is 11.6. The van der Waals surface area contributed by atoms with Gasteiger partial charge in [0.1, 0.15) is 0 Å². The lowest BCUT2D eigenvalue weighted by molar-refractivity contribution is -0.148. The van der Waals surface area contributed by atoms with Gasteiger partial charge in [-0.25, -0.2) is 4.79 Å². The lowest BCUT2D eigenvalue weighted by Gasteiger charge is -2.20. The highest BCUT2D eigenvalue weighted by atomic mass is 16.5. The van der Waals surface area contributed by atoms with Gasteiger partial charge in [0.15, 0.2) is 6.04 Å². The number of esters is 1. The lowest BCUT2D eigenvalue weighted by Crippen LogP contribution is -2.51. The normalized spacial score (nSPS) is 22.9. The number of nitrogens with two attached hydrogens (primary N) is 1. The van der Waals surface area contributed by atoms with Crippen molar-refractivity contribution >= 4 is 11.9 Å². The minimum atomic E-state index is -1.25. The maximum atomic E-state index is 11.6. The van der Waals surface area contributed by atoms with E-state index in [4.69, 9.17) is 10.5 Å². The van der Waals surface area contributed by atoms with Gasteiger partial charge in [0.25, 0.3) is 0 Å². The van der Waals surface area contributed by atoms with Crippen molar-refractivity contribution in [2.24, 2.45) is 11.7 Å². The second kappa shape index (κ2) is 6.56. The van der Waals surface area contributed by atoms with Crippen LogP contribution < -0.4 is 11.1 Å². The standard InChI is InChI=1S/C11H20N2O4/c1-3-17-11(15)9(12)10(14)13-7(2)8-4-5-16-6-8/h7-9H,3-6,12H2,1-2H3,(H,13,14). The summed E-state index contributed by atoms with van der Waals surface area (Å²) in [6, 6.07) is -1.30. The van der Waals surface area contributed by atoms with E-state index in [0.717, 1.165) is 13.0 Å². The van der Waals surface area contributed by atoms with Crippen LogP contribution in [0.3, 0.4) is 0 Å². The van der Waals surface area contributed by atoms with Crippen molar-refractivity contribution in [2.75, 3.05) is 19.8 Å². The molecular weight excluding hydrogens is 224 g/mol. The van der Waals surface area contributed by atoms with Gasteiger partial charge >= 0.3 is 5.97 Å². The van der Waals surface area contributed by atoms with Gasteiger partial charge < -0.3 is 20.5 Å². The molecule has 0 aromatic heterocycles. The first kappa shape index (κ1) is 13.9. The van der Waals surface area contributed by atoms with Gasteiger partial charge in [-0.1, -0.05) is 0 Å². The van der Waals surface area contributed by atoms with Gasteiger partial charge in [0.05, 0.1) is 13.2 Å². The number of carbonyl (C=O) groups excluding carboxylic acids is 2. The number of rotatable bonds is 5. The van der Waals surface area contributed by atoms with Crippen molar-refractivity contribution in [3.8, 4) is 0 Å². The molecule has 1 fully saturated rings. The minimum absolute atomic E-state index is 0.0505. The Balaban J connectivity index is 2.39. The third-order valence-corrected chi connectivity index (χ3v) is 2.86. The highest BCUT2D eigenvalue weighted by Crippen LogP contribution is 2.16. The van der Waals surface area contributed by atoms with Gasteiger partial charge in [-0.2, -0.15) is 0 Å². The van der Waals surface area contributed by atoms with Crippen LogP contribution in [0.4, 0.5) is 0 Å². The summed E-state index contributed by atoms with van der Waals surface area (Å²) < 4.78 is 9.91. The molecule has 0 aromatic rings. The summed E-state index contributed by atoms with van der Waals surface area (Å²) in [7, 11) is 0. The van der Waals surface area contributed by atoms with Crippen molar-refractivity contribution < 1.29 is 19.1 Å². The highest BCUT2D eigenvalue weighted by Gasteiger charge is 2.28. The summed E-state index contributed by atoms with van der Waals surface area (Å²) in [5, 5.41) is 2.72. The topological polar surface area (TPSA) is 90.7 Å². The van der Waals surface area contributed by atoms with E-state index in [1.54, 1.807) is 6.92 Å². The van der Waals surface area contributed by atoms with Gasteiger partial charge in [0, 0.05) is 18.6 Å². The van der Waals surface area contributed by atoms with Crippen LogP contribution in [-0.2, 0) is 19.1 Å². The van der Waals surface area contributed by atoms with Crippen molar-refractivity contribution in [1.82, 2.24) is 5.32 Å². The third-order valence-electron chi connectivity index (χ3n) is 2.86. The van der Waals surface area contributed by atoms with Gasteiger partial charge in [-0.15, -0.1) is 0 Å². The molecule has 1 heterocycles. The Labute approximate surface area is 101 Å². The van der Waals surface area contributed by atoms with E-state index in [2.05, 4.69) is 10.1 Å². The number of hydrogen-bond donors (Lipinski definition) is 2. The molecule has 1 aliphatic rings. The van der Waals surface area contributed by atoms with E-state index in [-0.39, 0.29) is 18.6 Å². The van der Waals surface area contributed by atoms with E-state index in [1.165, 1.54) is 0 Å². The molecule has 0 aromatic carbocycles. The fourth-order valence-electron chi connectivity index (χ4n) is 1.72. The van der Waals surface area contributed by atoms with Crippen LogP contribution in [0.15, 0.2) is 0 Å². The van der Waals surface area contributed by atoms with E-state index in [9.17, 15) is 9.59 Å². The van der Waals surface area contributed by atoms with Crippen molar-refractivity contribution in [3.05, 3.63) is 0 Å². The highest BCUT2D eigenvalue weighted by molar-refractivity contribution is 6.01. The molecule has 17 heavy (non-hydrogen) atoms. The maximum Gasteiger partial charge on any atom is 0.332 e. The molecule has 6 heteroatoms. The summed E-state index contributed by atoms with van der Waals surface area (Å²) in [6.07, 6.45) is 0.913. The first-order valence-corrected chi connectivity index (χ1v) is 5.86. The Morgan fingerprint density at radius 1 is 1.59 bits per heavy atom. The number of amides is 1. The molecule has 0 spiro atoms. The number of carbonyl (C=O) groups is 2. The molecule has 1 aliphatic heterocycles. The zero-order valence-corrected chi connectivity index (χ0v) is 10.3. The van der Waals surface area contributed by atoms with Gasteiger partial charge in [0.2, 0.25) is 5.91 Å². The molecule has 1 amide bonds. The predicted octanol–water partition coefficient (Wildman–Crippen LogP) is -0.582. The Hall–Kier alpha value is -1.14. The van der Waals surface area contributed by atoms with E-state index >= 15 is 0 Å². The predicted molar refractivity (Wildman–Crippen MR) is 61.1 cm³/mol. The lowest BCUT2D eigenvalue weighted by atomic mass is 10.0. The molecular formula is C11H20N2O4. The van der Waals surface area contributed by atoms with Crippen LogP contribution in [0.2, 0.25) is 0 Å². The van der Waals surface area contributed by atoms with Crippen molar-refractivity contribution in [2.45, 2.75) is 32.4 Å². The van der Waals surface area contributed by atoms with Crippen LogP contribution in [0.25, 0.3) is 0 Å². The first-order chi connectivity index (χ1) is 8.06. The number of nitrogens with one attached hydrogen (secondary N) is 1. The fourth-order valence-corrected chi connectivity index (χ4v) is 1.72. The molecule has 3 atom stereocenters. The van der Waals surface area contributed by atoms with E-state index in [1.807, 2.05) is 6.92 Å². The molecule has 0 bridgehead atoms. The van der Waals surface area contributed by atoms with Crippen LogP contribution in [-0.4, -0.2) is 43.8 Å². The Kier molecular flexibility index (Phi) is 5.37. The molecule has 3 N–H and O–H groups in total. The van der Waals surface area contributed by atoms with Crippen molar-refractivity contribution in [1.29, 1.82) is 0 Å². The largest absolute Gasteiger partial charge is 0.464 e. The molecule has 0 saturated carbocycles. The summed E-state index contributed by atoms with van der Waals surface area (Å²) in [4.78, 5) is 22.9. The molecule has 6 nitrogen and oxygen atoms in total. The average Bonchev–Trinajstić information content (AvgIpc) is 2.81. The first-order valence-electron chi connectivity index (χ1n) is 5.86. The average molecular weight is 244 g/mol. The fraction of sp³-hybridized carbons (Fsp3) is 0.818. The molecule has 1 rings (SSSR count). The smallest absolute Gasteiger partial charge is 0.332 e. The summed E-state index contributed by atoms with van der Waals surface area (Å²) in [5.74, 6) is -0.906. The molecule has 1 saturated heterocycles. The van der Waals surface area contributed by atoms with Gasteiger partial charge in [-0.3, -0.25) is 4.79 Å². The second-order valence-electron chi connectivity index (χ2n) is 4.15. The quantitative estimate of drug-likeness (QED) is 0.498. The summed E-state index contributed by atoms with van der Waals surface area (Å²) in [5.41, 5.74) is 5.48. The zero-order chi connectivity index (χ0) is 12.8. The Morgan fingerprint density at radius 3 is 2.82 bits per heavy atom. The van der Waals surface area contributed by atoms with E-state index < -0.39 is 17.9 Å². The summed E-state index contributed by atoms with van der Waals surface area (Å²) >= 11 is 0. The Morgan fingerprint density at radius 2 is 2.29 bits per heavy atom. The minimum Gasteiger partial charge on any atom is -0.464 e. The van der Waals surface area contributed by atoms with Crippen molar-refractivity contribution in [3.63, 3.8) is 0 Å².